The minimum absolute atomic E-state index is 0.283. The number of hydrogen-bond donors (Lipinski definition) is 4. The van der Waals surface area contributed by atoms with Gasteiger partial charge in [0.05, 0.1) is 5.56 Å². The molecule has 0 unspecified atom stereocenters. The van der Waals surface area contributed by atoms with E-state index in [9.17, 15) is 4.79 Å². The standard InChI is InChI=1S/C19H17N5OS/c25-18(14-5-4-12-20-13-14)23-24-19(26)22-17-10-8-16(9-11-17)21-15-6-2-1-3-7-15/h1-13,21H,(H,23,25)(H2,22,24,26). The van der Waals surface area contributed by atoms with Crippen LogP contribution in [0.15, 0.2) is 79.1 Å². The summed E-state index contributed by atoms with van der Waals surface area (Å²) in [7, 11) is 0. The maximum atomic E-state index is 11.9. The van der Waals surface area contributed by atoms with Gasteiger partial charge in [0.15, 0.2) is 5.11 Å². The van der Waals surface area contributed by atoms with Crippen LogP contribution in [-0.2, 0) is 0 Å². The maximum Gasteiger partial charge on any atom is 0.271 e. The summed E-state index contributed by atoms with van der Waals surface area (Å²) in [6.45, 7) is 0. The number of hydrogen-bond acceptors (Lipinski definition) is 4. The molecule has 0 saturated carbocycles. The van der Waals surface area contributed by atoms with E-state index in [-0.39, 0.29) is 11.0 Å². The Morgan fingerprint density at radius 1 is 0.808 bits per heavy atom. The van der Waals surface area contributed by atoms with Gasteiger partial charge in [0, 0.05) is 29.5 Å². The van der Waals surface area contributed by atoms with E-state index in [0.29, 0.717) is 5.56 Å². The third-order valence-electron chi connectivity index (χ3n) is 3.42. The molecule has 0 saturated heterocycles. The van der Waals surface area contributed by atoms with Crippen molar-refractivity contribution in [3.8, 4) is 0 Å². The van der Waals surface area contributed by atoms with Crippen molar-refractivity contribution >= 4 is 40.3 Å². The van der Waals surface area contributed by atoms with Crippen molar-refractivity contribution < 1.29 is 4.79 Å². The predicted molar refractivity (Wildman–Crippen MR) is 107 cm³/mol. The molecule has 1 aromatic heterocycles. The fourth-order valence-corrected chi connectivity index (χ4v) is 2.34. The van der Waals surface area contributed by atoms with Gasteiger partial charge in [-0.3, -0.25) is 20.6 Å². The zero-order valence-corrected chi connectivity index (χ0v) is 14.6. The number of anilines is 3. The molecule has 3 aromatic rings. The summed E-state index contributed by atoms with van der Waals surface area (Å²) in [5.41, 5.74) is 8.41. The summed E-state index contributed by atoms with van der Waals surface area (Å²) in [5.74, 6) is -0.315. The highest BCUT2D eigenvalue weighted by Crippen LogP contribution is 2.18. The van der Waals surface area contributed by atoms with Crippen LogP contribution in [0.4, 0.5) is 17.1 Å². The number of carbonyl (C=O) groups is 1. The van der Waals surface area contributed by atoms with E-state index >= 15 is 0 Å². The van der Waals surface area contributed by atoms with Gasteiger partial charge in [-0.05, 0) is 60.7 Å². The summed E-state index contributed by atoms with van der Waals surface area (Å²) in [6.07, 6.45) is 3.08. The summed E-state index contributed by atoms with van der Waals surface area (Å²) in [4.78, 5) is 15.8. The first-order valence-electron chi connectivity index (χ1n) is 7.90. The lowest BCUT2D eigenvalue weighted by Gasteiger charge is -2.12. The fourth-order valence-electron chi connectivity index (χ4n) is 2.17. The summed E-state index contributed by atoms with van der Waals surface area (Å²) in [6, 6.07) is 20.9. The van der Waals surface area contributed by atoms with E-state index in [4.69, 9.17) is 12.2 Å². The first kappa shape index (κ1) is 17.4. The van der Waals surface area contributed by atoms with E-state index < -0.39 is 0 Å². The van der Waals surface area contributed by atoms with Crippen LogP contribution in [0.3, 0.4) is 0 Å². The first-order valence-corrected chi connectivity index (χ1v) is 8.31. The quantitative estimate of drug-likeness (QED) is 0.420. The van der Waals surface area contributed by atoms with Crippen molar-refractivity contribution in [2.75, 3.05) is 10.6 Å². The number of carbonyl (C=O) groups excluding carboxylic acids is 1. The van der Waals surface area contributed by atoms with E-state index in [1.54, 1.807) is 18.3 Å². The SMILES string of the molecule is O=C(NNC(=S)Nc1ccc(Nc2ccccc2)cc1)c1cccnc1. The van der Waals surface area contributed by atoms with Crippen molar-refractivity contribution in [3.63, 3.8) is 0 Å². The molecule has 2 aromatic carbocycles. The largest absolute Gasteiger partial charge is 0.356 e. The molecular formula is C19H17N5OS. The second-order valence-corrected chi connectivity index (χ2v) is 5.75. The van der Waals surface area contributed by atoms with Gasteiger partial charge in [-0.1, -0.05) is 18.2 Å². The van der Waals surface area contributed by atoms with Gasteiger partial charge >= 0.3 is 0 Å². The van der Waals surface area contributed by atoms with Crippen LogP contribution in [0.1, 0.15) is 10.4 Å². The van der Waals surface area contributed by atoms with Crippen LogP contribution in [-0.4, -0.2) is 16.0 Å². The van der Waals surface area contributed by atoms with E-state index in [1.165, 1.54) is 6.20 Å². The second-order valence-electron chi connectivity index (χ2n) is 5.34. The molecule has 0 aliphatic heterocycles. The van der Waals surface area contributed by atoms with Crippen LogP contribution in [0.2, 0.25) is 0 Å². The molecule has 0 bridgehead atoms. The van der Waals surface area contributed by atoms with Crippen molar-refractivity contribution in [2.24, 2.45) is 0 Å². The van der Waals surface area contributed by atoms with Crippen LogP contribution in [0.5, 0.6) is 0 Å². The second kappa shape index (κ2) is 8.59. The van der Waals surface area contributed by atoms with Gasteiger partial charge in [-0.25, -0.2) is 0 Å². The lowest BCUT2D eigenvalue weighted by atomic mass is 10.2. The van der Waals surface area contributed by atoms with Gasteiger partial charge in [-0.15, -0.1) is 0 Å². The molecule has 130 valence electrons. The van der Waals surface area contributed by atoms with E-state index in [0.717, 1.165) is 17.1 Å². The van der Waals surface area contributed by atoms with Crippen molar-refractivity contribution in [2.45, 2.75) is 0 Å². The minimum Gasteiger partial charge on any atom is -0.356 e. The molecule has 0 aliphatic carbocycles. The molecular weight excluding hydrogens is 346 g/mol. The lowest BCUT2D eigenvalue weighted by Crippen LogP contribution is -2.43. The van der Waals surface area contributed by atoms with Crippen LogP contribution in [0.25, 0.3) is 0 Å². The Balaban J connectivity index is 1.49. The zero-order chi connectivity index (χ0) is 18.2. The average molecular weight is 363 g/mol. The zero-order valence-electron chi connectivity index (χ0n) is 13.8. The average Bonchev–Trinajstić information content (AvgIpc) is 2.69. The number of pyridine rings is 1. The highest BCUT2D eigenvalue weighted by Gasteiger charge is 2.05. The van der Waals surface area contributed by atoms with Crippen molar-refractivity contribution in [1.29, 1.82) is 0 Å². The molecule has 1 heterocycles. The molecule has 0 radical (unpaired) electrons. The summed E-state index contributed by atoms with van der Waals surface area (Å²) in [5, 5.41) is 6.59. The number of aromatic nitrogens is 1. The van der Waals surface area contributed by atoms with Gasteiger partial charge in [0.25, 0.3) is 5.91 Å². The van der Waals surface area contributed by atoms with Crippen LogP contribution < -0.4 is 21.5 Å². The topological polar surface area (TPSA) is 78.1 Å². The number of benzene rings is 2. The Morgan fingerprint density at radius 3 is 2.19 bits per heavy atom. The monoisotopic (exact) mass is 363 g/mol. The molecule has 6 nitrogen and oxygen atoms in total. The Labute approximate surface area is 156 Å². The first-order chi connectivity index (χ1) is 12.7. The molecule has 0 spiro atoms. The normalized spacial score (nSPS) is 9.85. The highest BCUT2D eigenvalue weighted by atomic mass is 32.1. The smallest absolute Gasteiger partial charge is 0.271 e. The number of para-hydroxylation sites is 1. The van der Waals surface area contributed by atoms with Gasteiger partial charge in [0.2, 0.25) is 0 Å². The minimum atomic E-state index is -0.315. The Hall–Kier alpha value is -3.45. The number of nitrogens with zero attached hydrogens (tertiary/aromatic N) is 1. The van der Waals surface area contributed by atoms with Gasteiger partial charge < -0.3 is 10.6 Å². The van der Waals surface area contributed by atoms with Crippen LogP contribution >= 0.6 is 12.2 Å². The van der Waals surface area contributed by atoms with Gasteiger partial charge in [0.1, 0.15) is 0 Å². The highest BCUT2D eigenvalue weighted by molar-refractivity contribution is 7.80. The van der Waals surface area contributed by atoms with E-state index in [1.807, 2.05) is 54.6 Å². The van der Waals surface area contributed by atoms with Gasteiger partial charge in [-0.2, -0.15) is 0 Å². The molecule has 1 amide bonds. The number of thiocarbonyl (C=S) groups is 1. The fraction of sp³-hybridized carbons (Fsp3) is 0. The molecule has 7 heteroatoms. The van der Waals surface area contributed by atoms with Crippen molar-refractivity contribution in [1.82, 2.24) is 15.8 Å². The molecule has 0 fully saturated rings. The summed E-state index contributed by atoms with van der Waals surface area (Å²) >= 11 is 5.17. The maximum absolute atomic E-state index is 11.9. The Morgan fingerprint density at radius 2 is 1.50 bits per heavy atom. The van der Waals surface area contributed by atoms with Crippen LogP contribution in [0, 0.1) is 0 Å². The number of rotatable bonds is 4. The molecule has 0 atom stereocenters. The number of amides is 1. The Kier molecular flexibility index (Phi) is 5.74. The Bertz CT molecular complexity index is 869. The number of hydrazine groups is 1. The predicted octanol–water partition coefficient (Wildman–Crippen LogP) is 3.46. The molecule has 3 rings (SSSR count). The lowest BCUT2D eigenvalue weighted by molar-refractivity contribution is 0.0944. The molecule has 0 aliphatic rings. The van der Waals surface area contributed by atoms with Crippen molar-refractivity contribution in [3.05, 3.63) is 84.7 Å². The van der Waals surface area contributed by atoms with E-state index in [2.05, 4.69) is 26.5 Å². The summed E-state index contributed by atoms with van der Waals surface area (Å²) < 4.78 is 0. The number of nitrogens with one attached hydrogen (secondary N) is 4. The molecule has 26 heavy (non-hydrogen) atoms. The third-order valence-corrected chi connectivity index (χ3v) is 3.62. The third kappa shape index (κ3) is 5.02. The molecule has 4 N–H and O–H groups in total.